The Morgan fingerprint density at radius 1 is 1.17 bits per heavy atom. The van der Waals surface area contributed by atoms with Gasteiger partial charge in [-0.05, 0) is 43.0 Å². The molecular weight excluding hydrogens is 490 g/mol. The van der Waals surface area contributed by atoms with Crippen molar-refractivity contribution in [1.29, 1.82) is 0 Å². The number of sulfonamides is 1. The van der Waals surface area contributed by atoms with E-state index < -0.39 is 16.1 Å². The molecule has 4 rings (SSSR count). The van der Waals surface area contributed by atoms with Gasteiger partial charge in [-0.3, -0.25) is 19.6 Å². The van der Waals surface area contributed by atoms with E-state index in [1.165, 1.54) is 12.3 Å². The number of pyridine rings is 1. The van der Waals surface area contributed by atoms with Crippen LogP contribution >= 0.6 is 11.8 Å². The van der Waals surface area contributed by atoms with Gasteiger partial charge >= 0.3 is 0 Å². The Kier molecular flexibility index (Phi) is 7.95. The summed E-state index contributed by atoms with van der Waals surface area (Å²) in [4.78, 5) is 29.5. The number of imide groups is 1. The van der Waals surface area contributed by atoms with Gasteiger partial charge in [0.05, 0.1) is 17.6 Å². The molecule has 2 aromatic rings. The number of amides is 2. The van der Waals surface area contributed by atoms with Crippen molar-refractivity contribution in [3.05, 3.63) is 53.7 Å². The van der Waals surface area contributed by atoms with Crippen LogP contribution in [0, 0.1) is 0 Å². The number of rotatable bonds is 9. The number of aromatic nitrogens is 1. The zero-order chi connectivity index (χ0) is 25.0. The van der Waals surface area contributed by atoms with E-state index in [1.807, 2.05) is 12.1 Å². The molecule has 2 aliphatic heterocycles. The molecule has 4 N–H and O–H groups in total. The van der Waals surface area contributed by atoms with Crippen molar-refractivity contribution >= 4 is 44.4 Å². The Bertz CT molecular complexity index is 1150. The molecule has 1 aromatic carbocycles. The molecule has 2 aliphatic rings. The molecule has 12 heteroatoms. The number of piperidine rings is 1. The van der Waals surface area contributed by atoms with Crippen LogP contribution in [-0.4, -0.2) is 66.8 Å². The van der Waals surface area contributed by atoms with Crippen molar-refractivity contribution in [3.8, 4) is 0 Å². The summed E-state index contributed by atoms with van der Waals surface area (Å²) < 4.78 is 24.8. The predicted octanol–water partition coefficient (Wildman–Crippen LogP) is 1.64. The fourth-order valence-electron chi connectivity index (χ4n) is 4.18. The van der Waals surface area contributed by atoms with Crippen LogP contribution in [0.3, 0.4) is 0 Å². The lowest BCUT2D eigenvalue weighted by atomic mass is 10.0. The average Bonchev–Trinajstić information content (AvgIpc) is 3.14. The minimum atomic E-state index is -3.39. The smallest absolute Gasteiger partial charge is 0.286 e. The maximum absolute atomic E-state index is 11.8. The molecule has 0 spiro atoms. The summed E-state index contributed by atoms with van der Waals surface area (Å²) in [7, 11) is -3.39. The van der Waals surface area contributed by atoms with Crippen molar-refractivity contribution < 1.29 is 23.1 Å². The van der Waals surface area contributed by atoms with Crippen LogP contribution < -0.4 is 20.3 Å². The van der Waals surface area contributed by atoms with Crippen molar-refractivity contribution in [2.24, 2.45) is 0 Å². The fraction of sp³-hybridized carbons (Fsp3) is 0.435. The third-order valence-electron chi connectivity index (χ3n) is 6.05. The van der Waals surface area contributed by atoms with E-state index in [0.29, 0.717) is 18.5 Å². The van der Waals surface area contributed by atoms with Crippen LogP contribution in [-0.2, 0) is 21.2 Å². The number of nitrogens with zero attached hydrogens (tertiary/aromatic N) is 2. The van der Waals surface area contributed by atoms with Crippen molar-refractivity contribution in [2.75, 3.05) is 35.5 Å². The Hall–Kier alpha value is -2.67. The van der Waals surface area contributed by atoms with E-state index in [2.05, 4.69) is 37.4 Å². The quantitative estimate of drug-likeness (QED) is 0.389. The molecule has 2 saturated heterocycles. The largest absolute Gasteiger partial charge is 0.387 e. The molecule has 0 aliphatic carbocycles. The highest BCUT2D eigenvalue weighted by molar-refractivity contribution is 8.15. The molecule has 2 unspecified atom stereocenters. The van der Waals surface area contributed by atoms with Gasteiger partial charge < -0.3 is 15.3 Å². The van der Waals surface area contributed by atoms with E-state index in [9.17, 15) is 23.1 Å². The Labute approximate surface area is 208 Å². The second-order valence-corrected chi connectivity index (χ2v) is 11.7. The number of nitrogens with one attached hydrogen (secondary N) is 3. The lowest BCUT2D eigenvalue weighted by Gasteiger charge is -2.34. The summed E-state index contributed by atoms with van der Waals surface area (Å²) in [6.07, 6.45) is 4.19. The molecule has 0 radical (unpaired) electrons. The lowest BCUT2D eigenvalue weighted by Crippen LogP contribution is -2.43. The summed E-state index contributed by atoms with van der Waals surface area (Å²) in [6, 6.07) is 11.6. The van der Waals surface area contributed by atoms with Gasteiger partial charge in [0.1, 0.15) is 5.82 Å². The zero-order valence-electron chi connectivity index (χ0n) is 19.3. The average molecular weight is 520 g/mol. The molecule has 2 atom stereocenters. The third-order valence-corrected chi connectivity index (χ3v) is 7.61. The van der Waals surface area contributed by atoms with E-state index in [1.54, 1.807) is 6.07 Å². The first-order valence-electron chi connectivity index (χ1n) is 11.4. The minimum Gasteiger partial charge on any atom is -0.387 e. The van der Waals surface area contributed by atoms with Gasteiger partial charge in [-0.2, -0.15) is 0 Å². The molecule has 2 amide bonds. The molecule has 2 fully saturated rings. The zero-order valence-corrected chi connectivity index (χ0v) is 20.9. The highest BCUT2D eigenvalue weighted by Crippen LogP contribution is 2.25. The van der Waals surface area contributed by atoms with Gasteiger partial charge in [0.15, 0.2) is 0 Å². The van der Waals surface area contributed by atoms with Gasteiger partial charge in [-0.15, -0.1) is 0 Å². The molecule has 1 aromatic heterocycles. The number of hydrogen-bond acceptors (Lipinski definition) is 9. The van der Waals surface area contributed by atoms with Crippen molar-refractivity contribution in [3.63, 3.8) is 0 Å². The van der Waals surface area contributed by atoms with Gasteiger partial charge in [-0.25, -0.2) is 13.4 Å². The second-order valence-electron chi connectivity index (χ2n) is 8.79. The van der Waals surface area contributed by atoms with Crippen molar-refractivity contribution in [2.45, 2.75) is 36.7 Å². The number of benzene rings is 1. The Balaban J connectivity index is 1.21. The summed E-state index contributed by atoms with van der Waals surface area (Å²) >= 11 is 1.05. The van der Waals surface area contributed by atoms with Crippen LogP contribution in [0.15, 0.2) is 42.6 Å². The number of anilines is 2. The number of carbonyl (C=O) groups is 2. The van der Waals surface area contributed by atoms with Gasteiger partial charge in [0, 0.05) is 43.1 Å². The number of aliphatic hydroxyl groups is 1. The first-order chi connectivity index (χ1) is 16.7. The van der Waals surface area contributed by atoms with Gasteiger partial charge in [-0.1, -0.05) is 30.0 Å². The van der Waals surface area contributed by atoms with E-state index in [4.69, 9.17) is 0 Å². The number of carbonyl (C=O) groups excluding carboxylic acids is 2. The number of hydrogen-bond donors (Lipinski definition) is 4. The normalized spacial score (nSPS) is 20.1. The molecule has 3 heterocycles. The van der Waals surface area contributed by atoms with E-state index in [-0.39, 0.29) is 28.3 Å². The summed E-state index contributed by atoms with van der Waals surface area (Å²) in [6.45, 7) is 2.15. The number of aliphatic hydroxyl groups excluding tert-OH is 1. The van der Waals surface area contributed by atoms with Crippen LogP contribution in [0.4, 0.5) is 16.3 Å². The third kappa shape index (κ3) is 7.17. The maximum atomic E-state index is 11.8. The topological polar surface area (TPSA) is 141 Å². The minimum absolute atomic E-state index is 0.217. The first-order valence-corrected chi connectivity index (χ1v) is 14.1. The standard InChI is InChI=1S/C23H29N5O5S2/c1-35(32,33)27-21-7-4-16(13-25-21)19(29)14-24-17-8-10-28(11-9-17)18-5-2-15(3-6-18)12-20-22(30)26-23(31)34-20/h2-7,13,17,19-20,24,29H,8-12,14H2,1H3,(H,25,27)(H,26,30,31). The summed E-state index contributed by atoms with van der Waals surface area (Å²) in [5.74, 6) is -0.00386. The Morgan fingerprint density at radius 3 is 2.46 bits per heavy atom. The fourth-order valence-corrected chi connectivity index (χ4v) is 5.54. The summed E-state index contributed by atoms with van der Waals surface area (Å²) in [5, 5.41) is 15.6. The molecular formula is C23H29N5O5S2. The molecule has 0 saturated carbocycles. The Morgan fingerprint density at radius 2 is 1.89 bits per heavy atom. The molecule has 0 bridgehead atoms. The number of thioether (sulfide) groups is 1. The highest BCUT2D eigenvalue weighted by atomic mass is 32.2. The predicted molar refractivity (Wildman–Crippen MR) is 136 cm³/mol. The second kappa shape index (κ2) is 10.9. The van der Waals surface area contributed by atoms with Crippen LogP contribution in [0.25, 0.3) is 0 Å². The van der Waals surface area contributed by atoms with Crippen LogP contribution in [0.1, 0.15) is 30.1 Å². The lowest BCUT2D eigenvalue weighted by molar-refractivity contribution is -0.118. The monoisotopic (exact) mass is 519 g/mol. The molecule has 188 valence electrons. The first kappa shape index (κ1) is 25.4. The van der Waals surface area contributed by atoms with Gasteiger partial charge in [0.2, 0.25) is 15.9 Å². The summed E-state index contributed by atoms with van der Waals surface area (Å²) in [5.41, 5.74) is 2.77. The van der Waals surface area contributed by atoms with Crippen molar-refractivity contribution in [1.82, 2.24) is 15.6 Å². The maximum Gasteiger partial charge on any atom is 0.286 e. The van der Waals surface area contributed by atoms with E-state index in [0.717, 1.165) is 55.2 Å². The van der Waals surface area contributed by atoms with E-state index >= 15 is 0 Å². The molecule has 10 nitrogen and oxygen atoms in total. The molecule has 35 heavy (non-hydrogen) atoms. The van der Waals surface area contributed by atoms with Crippen LogP contribution in [0.5, 0.6) is 0 Å². The van der Waals surface area contributed by atoms with Gasteiger partial charge in [0.25, 0.3) is 5.24 Å². The SMILES string of the molecule is CS(=O)(=O)Nc1ccc(C(O)CNC2CCN(c3ccc(CC4SC(=O)NC4=O)cc3)CC2)cn1. The highest BCUT2D eigenvalue weighted by Gasteiger charge is 2.31. The van der Waals surface area contributed by atoms with Crippen LogP contribution in [0.2, 0.25) is 0 Å².